The lowest BCUT2D eigenvalue weighted by molar-refractivity contribution is -0.132. The number of halogens is 2. The molecule has 2 fully saturated rings. The minimum atomic E-state index is -2.87. The molecule has 0 radical (unpaired) electrons. The molecule has 0 aromatic heterocycles. The van der Waals surface area contributed by atoms with E-state index in [-0.39, 0.29) is 24.4 Å². The number of carbonyl (C=O) groups excluding carboxylic acids is 2. The molecule has 2 N–H and O–H groups in total. The van der Waals surface area contributed by atoms with Crippen LogP contribution in [0.2, 0.25) is 0 Å². The molecule has 0 saturated carbocycles. The molecule has 154 valence electrons. The first-order valence-electron chi connectivity index (χ1n) is 9.35. The zero-order valence-corrected chi connectivity index (χ0v) is 15.7. The molecule has 0 spiro atoms. The van der Waals surface area contributed by atoms with Crippen molar-refractivity contribution in [1.82, 2.24) is 15.1 Å². The van der Waals surface area contributed by atoms with E-state index in [4.69, 9.17) is 0 Å². The first kappa shape index (κ1) is 20.5. The quantitative estimate of drug-likeness (QED) is 0.688. The minimum Gasteiger partial charge on any atom is -0.435 e. The fourth-order valence-electron chi connectivity index (χ4n) is 3.54. The van der Waals surface area contributed by atoms with Crippen molar-refractivity contribution in [2.24, 2.45) is 0 Å². The number of amides is 3. The topological polar surface area (TPSA) is 82.1 Å². The van der Waals surface area contributed by atoms with Crippen molar-refractivity contribution >= 4 is 11.9 Å². The van der Waals surface area contributed by atoms with E-state index in [0.29, 0.717) is 38.8 Å². The van der Waals surface area contributed by atoms with E-state index in [1.54, 1.807) is 19.1 Å². The van der Waals surface area contributed by atoms with Gasteiger partial charge >= 0.3 is 12.6 Å². The van der Waals surface area contributed by atoms with Gasteiger partial charge in [-0.15, -0.1) is 0 Å². The number of carbonyl (C=O) groups is 2. The third-order valence-corrected chi connectivity index (χ3v) is 5.31. The van der Waals surface area contributed by atoms with Gasteiger partial charge in [0.2, 0.25) is 0 Å². The summed E-state index contributed by atoms with van der Waals surface area (Å²) in [5.41, 5.74) is -0.154. The molecule has 2 aliphatic heterocycles. The van der Waals surface area contributed by atoms with Crippen LogP contribution in [0, 0.1) is 0 Å². The number of aliphatic hydroxyl groups excluding tert-OH is 1. The Bertz CT molecular complexity index is 708. The number of aryl methyl sites for hydroxylation is 1. The Morgan fingerprint density at radius 1 is 1.25 bits per heavy atom. The largest absolute Gasteiger partial charge is 0.435 e. The Kier molecular flexibility index (Phi) is 6.14. The number of imide groups is 1. The van der Waals surface area contributed by atoms with Crippen molar-refractivity contribution in [2.45, 2.75) is 50.9 Å². The molecule has 1 aromatic carbocycles. The van der Waals surface area contributed by atoms with Crippen LogP contribution in [-0.2, 0) is 11.2 Å². The van der Waals surface area contributed by atoms with Crippen LogP contribution >= 0.6 is 0 Å². The molecule has 0 bridgehead atoms. The molecule has 3 rings (SSSR count). The van der Waals surface area contributed by atoms with Gasteiger partial charge < -0.3 is 15.2 Å². The molecule has 9 heteroatoms. The van der Waals surface area contributed by atoms with E-state index in [2.05, 4.69) is 10.1 Å². The number of ether oxygens (including phenoxy) is 1. The molecule has 1 aromatic rings. The number of hydrogen-bond acceptors (Lipinski definition) is 5. The van der Waals surface area contributed by atoms with Crippen LogP contribution in [-0.4, -0.2) is 64.9 Å². The zero-order chi connectivity index (χ0) is 20.3. The maximum absolute atomic E-state index is 12.8. The monoisotopic (exact) mass is 397 g/mol. The summed E-state index contributed by atoms with van der Waals surface area (Å²) >= 11 is 0. The predicted molar refractivity (Wildman–Crippen MR) is 96.9 cm³/mol. The highest BCUT2D eigenvalue weighted by molar-refractivity contribution is 6.06. The molecular formula is C19H25F2N3O4. The molecule has 3 amide bonds. The maximum Gasteiger partial charge on any atom is 0.387 e. The van der Waals surface area contributed by atoms with Crippen LogP contribution < -0.4 is 10.1 Å². The standard InChI is InChI=1S/C19H25F2N3O4/c1-19(9-6-13-2-4-15(5-3-13)28-17(20)21)16(26)24(18(27)22-19)12-23-10-7-14(25)8-11-23/h2-5,14,17,25H,6-12H2,1H3,(H,22,27)/t19-/m1/s1. The van der Waals surface area contributed by atoms with Crippen molar-refractivity contribution in [1.29, 1.82) is 0 Å². The molecule has 2 aliphatic rings. The lowest BCUT2D eigenvalue weighted by Crippen LogP contribution is -2.47. The summed E-state index contributed by atoms with van der Waals surface area (Å²) in [6.07, 6.45) is 1.84. The lowest BCUT2D eigenvalue weighted by Gasteiger charge is -2.32. The Hall–Kier alpha value is -2.26. The summed E-state index contributed by atoms with van der Waals surface area (Å²) < 4.78 is 28.7. The minimum absolute atomic E-state index is 0.0769. The Balaban J connectivity index is 1.56. The Labute approximate surface area is 162 Å². The van der Waals surface area contributed by atoms with Gasteiger partial charge in [0, 0.05) is 13.1 Å². The SMILES string of the molecule is C[C@]1(CCc2ccc(OC(F)F)cc2)NC(=O)N(CN2CCC(O)CC2)C1=O. The number of urea groups is 1. The maximum atomic E-state index is 12.8. The van der Waals surface area contributed by atoms with Gasteiger partial charge in [0.05, 0.1) is 12.8 Å². The summed E-state index contributed by atoms with van der Waals surface area (Å²) in [7, 11) is 0. The molecular weight excluding hydrogens is 372 g/mol. The van der Waals surface area contributed by atoms with Crippen LogP contribution in [0.4, 0.5) is 13.6 Å². The molecule has 2 saturated heterocycles. The summed E-state index contributed by atoms with van der Waals surface area (Å²) in [5.74, 6) is -0.200. The zero-order valence-electron chi connectivity index (χ0n) is 15.7. The summed E-state index contributed by atoms with van der Waals surface area (Å²) in [5, 5.41) is 12.4. The van der Waals surface area contributed by atoms with Gasteiger partial charge in [0.1, 0.15) is 11.3 Å². The van der Waals surface area contributed by atoms with Gasteiger partial charge in [-0.2, -0.15) is 8.78 Å². The third-order valence-electron chi connectivity index (χ3n) is 5.31. The van der Waals surface area contributed by atoms with E-state index in [1.807, 2.05) is 4.90 Å². The Morgan fingerprint density at radius 2 is 1.89 bits per heavy atom. The first-order chi connectivity index (χ1) is 13.3. The lowest BCUT2D eigenvalue weighted by atomic mass is 9.93. The number of nitrogens with zero attached hydrogens (tertiary/aromatic N) is 2. The highest BCUT2D eigenvalue weighted by Crippen LogP contribution is 2.25. The highest BCUT2D eigenvalue weighted by Gasteiger charge is 2.47. The van der Waals surface area contributed by atoms with Gasteiger partial charge in [-0.1, -0.05) is 12.1 Å². The van der Waals surface area contributed by atoms with E-state index in [1.165, 1.54) is 17.0 Å². The predicted octanol–water partition coefficient (Wildman–Crippen LogP) is 1.95. The number of hydrogen-bond donors (Lipinski definition) is 2. The number of benzene rings is 1. The molecule has 0 aliphatic carbocycles. The van der Waals surface area contributed by atoms with Gasteiger partial charge in [0.15, 0.2) is 0 Å². The first-order valence-corrected chi connectivity index (χ1v) is 9.35. The molecule has 2 heterocycles. The van der Waals surface area contributed by atoms with E-state index < -0.39 is 18.2 Å². The highest BCUT2D eigenvalue weighted by atomic mass is 19.3. The van der Waals surface area contributed by atoms with Gasteiger partial charge in [-0.3, -0.25) is 9.69 Å². The number of alkyl halides is 2. The van der Waals surface area contributed by atoms with Crippen LogP contribution in [0.3, 0.4) is 0 Å². The van der Waals surface area contributed by atoms with Crippen molar-refractivity contribution < 1.29 is 28.2 Å². The van der Waals surface area contributed by atoms with Crippen molar-refractivity contribution in [3.05, 3.63) is 29.8 Å². The smallest absolute Gasteiger partial charge is 0.387 e. The van der Waals surface area contributed by atoms with Crippen LogP contribution in [0.5, 0.6) is 5.75 Å². The molecule has 0 unspecified atom stereocenters. The van der Waals surface area contributed by atoms with E-state index in [9.17, 15) is 23.5 Å². The number of piperidine rings is 1. The summed E-state index contributed by atoms with van der Waals surface area (Å²) in [6, 6.07) is 5.82. The van der Waals surface area contributed by atoms with Crippen LogP contribution in [0.25, 0.3) is 0 Å². The van der Waals surface area contributed by atoms with Crippen LogP contribution in [0.15, 0.2) is 24.3 Å². The number of nitrogens with one attached hydrogen (secondary N) is 1. The van der Waals surface area contributed by atoms with Gasteiger partial charge in [-0.05, 0) is 50.3 Å². The summed E-state index contributed by atoms with van der Waals surface area (Å²) in [6.45, 7) is 0.322. The average molecular weight is 397 g/mol. The fourth-order valence-corrected chi connectivity index (χ4v) is 3.54. The summed E-state index contributed by atoms with van der Waals surface area (Å²) in [4.78, 5) is 28.4. The van der Waals surface area contributed by atoms with Crippen molar-refractivity contribution in [3.8, 4) is 5.75 Å². The van der Waals surface area contributed by atoms with Gasteiger partial charge in [-0.25, -0.2) is 9.69 Å². The van der Waals surface area contributed by atoms with Crippen LogP contribution in [0.1, 0.15) is 31.7 Å². The molecule has 1 atom stereocenters. The van der Waals surface area contributed by atoms with E-state index in [0.717, 1.165) is 5.56 Å². The fraction of sp³-hybridized carbons (Fsp3) is 0.579. The normalized spacial score (nSPS) is 24.1. The molecule has 28 heavy (non-hydrogen) atoms. The molecule has 7 nitrogen and oxygen atoms in total. The second kappa shape index (κ2) is 8.40. The average Bonchev–Trinajstić information content (AvgIpc) is 2.86. The van der Waals surface area contributed by atoms with E-state index >= 15 is 0 Å². The third kappa shape index (κ3) is 4.77. The van der Waals surface area contributed by atoms with Gasteiger partial charge in [0.25, 0.3) is 5.91 Å². The number of likely N-dealkylation sites (tertiary alicyclic amines) is 1. The van der Waals surface area contributed by atoms with Crippen molar-refractivity contribution in [2.75, 3.05) is 19.8 Å². The second-order valence-corrected chi connectivity index (χ2v) is 7.51. The Morgan fingerprint density at radius 3 is 2.50 bits per heavy atom. The number of aliphatic hydroxyl groups is 1. The van der Waals surface area contributed by atoms with Crippen molar-refractivity contribution in [3.63, 3.8) is 0 Å². The number of rotatable bonds is 7. The second-order valence-electron chi connectivity index (χ2n) is 7.51.